The molecule has 9 heteroatoms. The van der Waals surface area contributed by atoms with E-state index < -0.39 is 6.09 Å². The van der Waals surface area contributed by atoms with Crippen molar-refractivity contribution in [2.75, 3.05) is 18.5 Å². The number of carbonyl (C=O) groups excluding carboxylic acids is 2. The highest BCUT2D eigenvalue weighted by Gasteiger charge is 2.07. The molecule has 2 N–H and O–H groups in total. The molecule has 0 spiro atoms. The highest BCUT2D eigenvalue weighted by atomic mass is 35.5. The molecule has 0 heterocycles. The van der Waals surface area contributed by atoms with Gasteiger partial charge in [0.2, 0.25) is 0 Å². The average molecular weight is 458 g/mol. The first-order chi connectivity index (χ1) is 13.8. The van der Waals surface area contributed by atoms with Gasteiger partial charge in [0.05, 0.1) is 16.7 Å². The molecule has 0 aliphatic rings. The maximum atomic E-state index is 11.9. The summed E-state index contributed by atoms with van der Waals surface area (Å²) < 4.78 is 10.4. The van der Waals surface area contributed by atoms with Crippen molar-refractivity contribution in [2.24, 2.45) is 0 Å². The van der Waals surface area contributed by atoms with E-state index in [0.717, 1.165) is 0 Å². The molecule has 2 amide bonds. The predicted octanol–water partition coefficient (Wildman–Crippen LogP) is 5.68. The molecule has 0 bridgehead atoms. The van der Waals surface area contributed by atoms with Crippen LogP contribution in [0.15, 0.2) is 54.7 Å². The highest BCUT2D eigenvalue weighted by molar-refractivity contribution is 6.42. The second-order valence-corrected chi connectivity index (χ2v) is 7.14. The first-order valence-electron chi connectivity index (χ1n) is 8.58. The van der Waals surface area contributed by atoms with Crippen LogP contribution >= 0.6 is 34.8 Å². The summed E-state index contributed by atoms with van der Waals surface area (Å²) >= 11 is 17.5. The normalized spacial score (nSPS) is 10.2. The van der Waals surface area contributed by atoms with Crippen LogP contribution in [0.4, 0.5) is 10.5 Å². The molecular formula is C20H19Cl3N2O4. The number of hydrogen-bond donors (Lipinski definition) is 2. The number of halogens is 3. The van der Waals surface area contributed by atoms with Gasteiger partial charge in [-0.05, 0) is 49.2 Å². The van der Waals surface area contributed by atoms with Crippen molar-refractivity contribution in [3.63, 3.8) is 0 Å². The summed E-state index contributed by atoms with van der Waals surface area (Å²) in [6, 6.07) is 11.4. The molecule has 0 unspecified atom stereocenters. The van der Waals surface area contributed by atoms with E-state index in [2.05, 4.69) is 17.2 Å². The fraction of sp³-hybridized carbons (Fsp3) is 0.200. The van der Waals surface area contributed by atoms with Gasteiger partial charge in [0.25, 0.3) is 5.91 Å². The smallest absolute Gasteiger partial charge is 0.411 e. The van der Waals surface area contributed by atoms with Crippen molar-refractivity contribution in [2.45, 2.75) is 12.8 Å². The maximum absolute atomic E-state index is 11.9. The summed E-state index contributed by atoms with van der Waals surface area (Å²) in [6.07, 6.45) is 0.380. The minimum atomic E-state index is -0.572. The molecule has 29 heavy (non-hydrogen) atoms. The minimum absolute atomic E-state index is 0.175. The molecule has 0 aromatic heterocycles. The van der Waals surface area contributed by atoms with Gasteiger partial charge >= 0.3 is 6.09 Å². The number of carbonyl (C=O) groups is 2. The van der Waals surface area contributed by atoms with Crippen molar-refractivity contribution in [3.05, 3.63) is 69.8 Å². The second-order valence-electron chi connectivity index (χ2n) is 5.89. The van der Waals surface area contributed by atoms with Crippen LogP contribution in [0.5, 0.6) is 5.75 Å². The highest BCUT2D eigenvalue weighted by Crippen LogP contribution is 2.26. The van der Waals surface area contributed by atoms with Gasteiger partial charge in [-0.25, -0.2) is 4.79 Å². The van der Waals surface area contributed by atoms with Gasteiger partial charge in [0, 0.05) is 22.5 Å². The lowest BCUT2D eigenvalue weighted by Gasteiger charge is -2.11. The summed E-state index contributed by atoms with van der Waals surface area (Å²) in [5, 5.41) is 6.53. The van der Waals surface area contributed by atoms with Crippen LogP contribution in [0.25, 0.3) is 0 Å². The molecular weight excluding hydrogens is 439 g/mol. The van der Waals surface area contributed by atoms with Gasteiger partial charge in [-0.1, -0.05) is 41.4 Å². The Labute approximate surface area is 183 Å². The molecule has 2 aromatic carbocycles. The molecule has 154 valence electrons. The Morgan fingerprint density at radius 2 is 1.72 bits per heavy atom. The first kappa shape index (κ1) is 22.9. The molecule has 0 saturated heterocycles. The van der Waals surface area contributed by atoms with E-state index in [1.165, 1.54) is 6.07 Å². The maximum Gasteiger partial charge on any atom is 0.411 e. The van der Waals surface area contributed by atoms with E-state index in [4.69, 9.17) is 44.3 Å². The molecule has 0 atom stereocenters. The number of hydrogen-bond acceptors (Lipinski definition) is 4. The summed E-state index contributed by atoms with van der Waals surface area (Å²) in [6.45, 7) is 3.75. The monoisotopic (exact) mass is 456 g/mol. The van der Waals surface area contributed by atoms with Gasteiger partial charge in [-0.3, -0.25) is 10.1 Å². The Bertz CT molecular complexity index is 873. The lowest BCUT2D eigenvalue weighted by Crippen LogP contribution is -2.28. The molecule has 2 rings (SSSR count). The quantitative estimate of drug-likeness (QED) is 0.475. The van der Waals surface area contributed by atoms with Crippen LogP contribution in [0.1, 0.15) is 12.8 Å². The Balaban J connectivity index is 1.59. The Hall–Kier alpha value is -2.41. The molecule has 0 fully saturated rings. The Morgan fingerprint density at radius 3 is 2.41 bits per heavy atom. The van der Waals surface area contributed by atoms with Gasteiger partial charge in [0.1, 0.15) is 5.75 Å². The van der Waals surface area contributed by atoms with Crippen LogP contribution in [0.2, 0.25) is 15.1 Å². The summed E-state index contributed by atoms with van der Waals surface area (Å²) in [5.41, 5.74) is 1.08. The van der Waals surface area contributed by atoms with E-state index in [-0.39, 0.29) is 19.1 Å². The van der Waals surface area contributed by atoms with E-state index in [1.54, 1.807) is 36.4 Å². The number of allylic oxidation sites excluding steroid dienone is 1. The number of anilines is 1. The molecule has 0 aliphatic carbocycles. The zero-order valence-corrected chi connectivity index (χ0v) is 17.6. The standard InChI is InChI=1S/C20H19Cl3N2O4/c1-13(24-19(26)12-29-16-8-9-17(22)18(23)11-16)3-2-10-28-20(27)25-15-6-4-14(21)5-7-15/h4-9,11H,1-3,10,12H2,(H,24,26)(H,25,27). The summed E-state index contributed by atoms with van der Waals surface area (Å²) in [7, 11) is 0. The Morgan fingerprint density at radius 1 is 1.00 bits per heavy atom. The molecule has 6 nitrogen and oxygen atoms in total. The zero-order chi connectivity index (χ0) is 21.2. The van der Waals surface area contributed by atoms with Crippen LogP contribution in [-0.4, -0.2) is 25.2 Å². The lowest BCUT2D eigenvalue weighted by molar-refractivity contribution is -0.122. The van der Waals surface area contributed by atoms with Crippen LogP contribution < -0.4 is 15.4 Å². The van der Waals surface area contributed by atoms with Crippen molar-refractivity contribution in [3.8, 4) is 5.75 Å². The number of nitrogens with one attached hydrogen (secondary N) is 2. The second kappa shape index (κ2) is 11.6. The zero-order valence-electron chi connectivity index (χ0n) is 15.3. The van der Waals surface area contributed by atoms with E-state index in [1.807, 2.05) is 0 Å². The first-order valence-corrected chi connectivity index (χ1v) is 9.71. The minimum Gasteiger partial charge on any atom is -0.484 e. The Kier molecular flexibility index (Phi) is 9.12. The fourth-order valence-electron chi connectivity index (χ4n) is 2.15. The van der Waals surface area contributed by atoms with Gasteiger partial charge in [0.15, 0.2) is 6.61 Å². The van der Waals surface area contributed by atoms with Crippen LogP contribution in [-0.2, 0) is 9.53 Å². The molecule has 2 aromatic rings. The van der Waals surface area contributed by atoms with Crippen molar-refractivity contribution in [1.29, 1.82) is 0 Å². The molecule has 0 saturated carbocycles. The topological polar surface area (TPSA) is 76.7 Å². The summed E-state index contributed by atoms with van der Waals surface area (Å²) in [4.78, 5) is 23.6. The fourth-order valence-corrected chi connectivity index (χ4v) is 2.56. The largest absolute Gasteiger partial charge is 0.484 e. The van der Waals surface area contributed by atoms with Gasteiger partial charge in [-0.2, -0.15) is 0 Å². The number of benzene rings is 2. The number of ether oxygens (including phenoxy) is 2. The third-order valence-electron chi connectivity index (χ3n) is 3.52. The third kappa shape index (κ3) is 8.64. The number of amides is 2. The van der Waals surface area contributed by atoms with E-state index >= 15 is 0 Å². The number of rotatable bonds is 9. The van der Waals surface area contributed by atoms with Gasteiger partial charge < -0.3 is 14.8 Å². The SMILES string of the molecule is C=C(CCCOC(=O)Nc1ccc(Cl)cc1)NC(=O)COc1ccc(Cl)c(Cl)c1. The predicted molar refractivity (Wildman–Crippen MR) is 115 cm³/mol. The van der Waals surface area contributed by atoms with Crippen molar-refractivity contribution in [1.82, 2.24) is 5.32 Å². The van der Waals surface area contributed by atoms with Gasteiger partial charge in [-0.15, -0.1) is 0 Å². The van der Waals surface area contributed by atoms with Crippen LogP contribution in [0, 0.1) is 0 Å². The average Bonchev–Trinajstić information content (AvgIpc) is 2.68. The van der Waals surface area contributed by atoms with E-state index in [0.29, 0.717) is 45.0 Å². The van der Waals surface area contributed by atoms with Crippen LogP contribution in [0.3, 0.4) is 0 Å². The molecule has 0 radical (unpaired) electrons. The molecule has 0 aliphatic heterocycles. The van der Waals surface area contributed by atoms with Crippen molar-refractivity contribution >= 4 is 52.5 Å². The summed E-state index contributed by atoms with van der Waals surface area (Å²) in [5.74, 6) is 0.0720. The lowest BCUT2D eigenvalue weighted by atomic mass is 10.2. The third-order valence-corrected chi connectivity index (χ3v) is 4.51. The van der Waals surface area contributed by atoms with Crippen molar-refractivity contribution < 1.29 is 19.1 Å². The van der Waals surface area contributed by atoms with E-state index in [9.17, 15) is 9.59 Å².